The van der Waals surface area contributed by atoms with Crippen LogP contribution in [0, 0.1) is 12.8 Å². The van der Waals surface area contributed by atoms with Crippen molar-refractivity contribution < 1.29 is 14.3 Å². The topological polar surface area (TPSA) is 59.2 Å². The summed E-state index contributed by atoms with van der Waals surface area (Å²) in [4.78, 5) is 27.6. The van der Waals surface area contributed by atoms with E-state index in [-0.39, 0.29) is 18.3 Å². The number of fused-ring (bicyclic) bond motifs is 1. The summed E-state index contributed by atoms with van der Waals surface area (Å²) < 4.78 is 5.11. The highest BCUT2D eigenvalue weighted by Crippen LogP contribution is 2.35. The maximum atomic E-state index is 12.2. The number of ketones is 1. The molecule has 0 spiro atoms. The molecule has 1 heterocycles. The summed E-state index contributed by atoms with van der Waals surface area (Å²) in [5.74, 6) is -1.18. The predicted molar refractivity (Wildman–Crippen MR) is 111 cm³/mol. The van der Waals surface area contributed by atoms with Gasteiger partial charge >= 0.3 is 5.97 Å². The van der Waals surface area contributed by atoms with Crippen molar-refractivity contribution in [1.82, 2.24) is 4.98 Å². The molecular formula is C24H27NO3. The van der Waals surface area contributed by atoms with E-state index in [1.165, 1.54) is 29.0 Å². The number of H-pyrrole nitrogens is 1. The summed E-state index contributed by atoms with van der Waals surface area (Å²) in [6.07, 6.45) is 3.20. The number of aromatic nitrogens is 1. The van der Waals surface area contributed by atoms with E-state index in [0.29, 0.717) is 12.8 Å². The van der Waals surface area contributed by atoms with Crippen LogP contribution in [0.1, 0.15) is 49.3 Å². The van der Waals surface area contributed by atoms with Crippen LogP contribution in [0.25, 0.3) is 10.9 Å². The molecule has 0 saturated carbocycles. The Morgan fingerprint density at radius 2 is 1.75 bits per heavy atom. The maximum Gasteiger partial charge on any atom is 0.316 e. The van der Waals surface area contributed by atoms with Crippen molar-refractivity contribution in [2.24, 2.45) is 5.92 Å². The van der Waals surface area contributed by atoms with Gasteiger partial charge in [0.25, 0.3) is 0 Å². The largest absolute Gasteiger partial charge is 0.465 e. The minimum Gasteiger partial charge on any atom is -0.465 e. The van der Waals surface area contributed by atoms with Crippen molar-refractivity contribution in [3.8, 4) is 0 Å². The fraction of sp³-hybridized carbons (Fsp3) is 0.333. The smallest absolute Gasteiger partial charge is 0.316 e. The normalized spacial score (nSPS) is 13.2. The molecule has 28 heavy (non-hydrogen) atoms. The number of carbonyl (C=O) groups excluding carboxylic acids is 2. The van der Waals surface area contributed by atoms with Gasteiger partial charge in [-0.25, -0.2) is 0 Å². The Morgan fingerprint density at radius 1 is 1.04 bits per heavy atom. The third-order valence-electron chi connectivity index (χ3n) is 5.28. The number of hydrogen-bond donors (Lipinski definition) is 1. The van der Waals surface area contributed by atoms with Gasteiger partial charge in [0.05, 0.1) is 6.61 Å². The zero-order valence-corrected chi connectivity index (χ0v) is 16.7. The lowest BCUT2D eigenvalue weighted by Crippen LogP contribution is -2.25. The second-order valence-electron chi connectivity index (χ2n) is 7.25. The average Bonchev–Trinajstić information content (AvgIpc) is 3.10. The van der Waals surface area contributed by atoms with Crippen LogP contribution in [0.3, 0.4) is 0 Å². The summed E-state index contributed by atoms with van der Waals surface area (Å²) in [5, 5.41) is 1.17. The first-order chi connectivity index (χ1) is 13.5. The SMILES string of the molecule is CCOC(=O)C(CCC(c1ccc(C)cc1)c1c[nH]c2ccccc12)C(C)=O. The van der Waals surface area contributed by atoms with Gasteiger partial charge < -0.3 is 9.72 Å². The molecular weight excluding hydrogens is 350 g/mol. The van der Waals surface area contributed by atoms with Crippen LogP contribution in [-0.4, -0.2) is 23.3 Å². The maximum absolute atomic E-state index is 12.2. The summed E-state index contributed by atoms with van der Waals surface area (Å²) in [6, 6.07) is 16.7. The summed E-state index contributed by atoms with van der Waals surface area (Å²) in [5.41, 5.74) is 4.66. The number of esters is 1. The van der Waals surface area contributed by atoms with Crippen LogP contribution in [0.4, 0.5) is 0 Å². The third-order valence-corrected chi connectivity index (χ3v) is 5.28. The number of aryl methyl sites for hydroxylation is 1. The van der Waals surface area contributed by atoms with Gasteiger partial charge in [-0.1, -0.05) is 48.0 Å². The highest BCUT2D eigenvalue weighted by Gasteiger charge is 2.27. The lowest BCUT2D eigenvalue weighted by Gasteiger charge is -2.20. The minimum atomic E-state index is -0.710. The summed E-state index contributed by atoms with van der Waals surface area (Å²) in [6.45, 7) is 5.58. The number of ether oxygens (including phenoxy) is 1. The number of rotatable bonds is 8. The highest BCUT2D eigenvalue weighted by atomic mass is 16.5. The van der Waals surface area contributed by atoms with E-state index in [1.54, 1.807) is 6.92 Å². The molecule has 2 aromatic carbocycles. The molecule has 146 valence electrons. The number of benzene rings is 2. The number of aromatic amines is 1. The first kappa shape index (κ1) is 19.9. The number of nitrogens with one attached hydrogen (secondary N) is 1. The van der Waals surface area contributed by atoms with Crippen LogP contribution in [0.5, 0.6) is 0 Å². The monoisotopic (exact) mass is 377 g/mol. The van der Waals surface area contributed by atoms with E-state index in [2.05, 4.69) is 48.3 Å². The lowest BCUT2D eigenvalue weighted by atomic mass is 9.84. The van der Waals surface area contributed by atoms with Gasteiger partial charge in [0.1, 0.15) is 11.7 Å². The van der Waals surface area contributed by atoms with E-state index in [1.807, 2.05) is 18.3 Å². The molecule has 0 amide bonds. The Bertz CT molecular complexity index is 955. The number of hydrogen-bond acceptors (Lipinski definition) is 3. The molecule has 0 aliphatic heterocycles. The summed E-state index contributed by atoms with van der Waals surface area (Å²) in [7, 11) is 0. The van der Waals surface area contributed by atoms with Crippen LogP contribution in [-0.2, 0) is 14.3 Å². The molecule has 4 nitrogen and oxygen atoms in total. The van der Waals surface area contributed by atoms with Gasteiger partial charge in [-0.2, -0.15) is 0 Å². The van der Waals surface area contributed by atoms with Crippen molar-refractivity contribution >= 4 is 22.7 Å². The first-order valence-electron chi connectivity index (χ1n) is 9.81. The molecule has 0 aliphatic rings. The molecule has 2 unspecified atom stereocenters. The molecule has 3 rings (SSSR count). The predicted octanol–water partition coefficient (Wildman–Crippen LogP) is 5.16. The van der Waals surface area contributed by atoms with E-state index in [4.69, 9.17) is 4.74 Å². The van der Waals surface area contributed by atoms with Crippen molar-refractivity contribution in [3.05, 3.63) is 71.4 Å². The highest BCUT2D eigenvalue weighted by molar-refractivity contribution is 5.97. The van der Waals surface area contributed by atoms with E-state index in [9.17, 15) is 9.59 Å². The summed E-state index contributed by atoms with van der Waals surface area (Å²) >= 11 is 0. The Morgan fingerprint density at radius 3 is 2.43 bits per heavy atom. The number of carbonyl (C=O) groups is 2. The Hall–Kier alpha value is -2.88. The zero-order valence-electron chi connectivity index (χ0n) is 16.7. The minimum absolute atomic E-state index is 0.0908. The molecule has 1 N–H and O–H groups in total. The molecule has 0 saturated heterocycles. The fourth-order valence-corrected chi connectivity index (χ4v) is 3.75. The fourth-order valence-electron chi connectivity index (χ4n) is 3.75. The van der Waals surface area contributed by atoms with Crippen LogP contribution >= 0.6 is 0 Å². The van der Waals surface area contributed by atoms with Crippen molar-refractivity contribution in [2.45, 2.75) is 39.5 Å². The molecule has 0 bridgehead atoms. The van der Waals surface area contributed by atoms with Crippen molar-refractivity contribution in [2.75, 3.05) is 6.61 Å². The van der Waals surface area contributed by atoms with Gasteiger partial charge in [0.15, 0.2) is 0 Å². The van der Waals surface area contributed by atoms with Crippen molar-refractivity contribution in [1.29, 1.82) is 0 Å². The quantitative estimate of drug-likeness (QED) is 0.436. The van der Waals surface area contributed by atoms with Crippen LogP contribution in [0.2, 0.25) is 0 Å². The van der Waals surface area contributed by atoms with Crippen LogP contribution < -0.4 is 0 Å². The van der Waals surface area contributed by atoms with Gasteiger partial charge in [-0.3, -0.25) is 9.59 Å². The Kier molecular flexibility index (Phi) is 6.30. The Balaban J connectivity index is 1.94. The van der Waals surface area contributed by atoms with Crippen LogP contribution in [0.15, 0.2) is 54.7 Å². The zero-order chi connectivity index (χ0) is 20.1. The average molecular weight is 377 g/mol. The molecule has 2 atom stereocenters. The molecule has 0 radical (unpaired) electrons. The van der Waals surface area contributed by atoms with Gasteiger partial charge in [-0.15, -0.1) is 0 Å². The second-order valence-corrected chi connectivity index (χ2v) is 7.25. The molecule has 0 aliphatic carbocycles. The molecule has 4 heteroatoms. The van der Waals surface area contributed by atoms with Gasteiger partial charge in [-0.05, 0) is 50.8 Å². The number of Topliss-reactive ketones (excluding diaryl/α,β-unsaturated/α-hetero) is 1. The Labute approximate surface area is 165 Å². The lowest BCUT2D eigenvalue weighted by molar-refractivity contribution is -0.151. The molecule has 0 fully saturated rings. The van der Waals surface area contributed by atoms with E-state index >= 15 is 0 Å². The van der Waals surface area contributed by atoms with Gasteiger partial charge in [0.2, 0.25) is 0 Å². The van der Waals surface area contributed by atoms with E-state index < -0.39 is 11.9 Å². The third kappa shape index (κ3) is 4.33. The molecule has 3 aromatic rings. The molecule has 1 aromatic heterocycles. The first-order valence-corrected chi connectivity index (χ1v) is 9.81. The van der Waals surface area contributed by atoms with Crippen molar-refractivity contribution in [3.63, 3.8) is 0 Å². The second kappa shape index (κ2) is 8.87. The standard InChI is InChI=1S/C24H27NO3/c1-4-28-24(27)19(17(3)26)13-14-20(18-11-9-16(2)10-12-18)22-15-25-23-8-6-5-7-21(22)23/h5-12,15,19-20,25H,4,13-14H2,1-3H3. The van der Waals surface area contributed by atoms with E-state index in [0.717, 1.165) is 5.52 Å². The number of para-hydroxylation sites is 1. The van der Waals surface area contributed by atoms with Gasteiger partial charge in [0, 0.05) is 23.0 Å².